The molecule has 12 heavy (non-hydrogen) atoms. The van der Waals surface area contributed by atoms with Gasteiger partial charge in [-0.05, 0) is 12.1 Å². The Morgan fingerprint density at radius 3 is 2.42 bits per heavy atom. The highest BCUT2D eigenvalue weighted by Gasteiger charge is 2.16. The summed E-state index contributed by atoms with van der Waals surface area (Å²) >= 11 is 8.26. The van der Waals surface area contributed by atoms with Crippen LogP contribution in [-0.4, -0.2) is 0 Å². The third kappa shape index (κ3) is 1.93. The maximum atomic E-state index is 12.8. The lowest BCUT2D eigenvalue weighted by molar-refractivity contribution is 0.146. The second-order valence-corrected chi connectivity index (χ2v) is 3.41. The van der Waals surface area contributed by atoms with Gasteiger partial charge in [0.15, 0.2) is 5.82 Å². The summed E-state index contributed by atoms with van der Waals surface area (Å²) in [4.78, 5) is 0. The van der Waals surface area contributed by atoms with Crippen LogP contribution in [0.15, 0.2) is 16.6 Å². The van der Waals surface area contributed by atoms with Gasteiger partial charge in [-0.15, -0.1) is 0 Å². The van der Waals surface area contributed by atoms with E-state index in [1.165, 1.54) is 6.07 Å². The number of benzene rings is 1. The fraction of sp³-hybridized carbons (Fsp3) is 0.143. The van der Waals surface area contributed by atoms with Gasteiger partial charge in [-0.3, -0.25) is 0 Å². The Morgan fingerprint density at radius 2 is 1.92 bits per heavy atom. The summed E-state index contributed by atoms with van der Waals surface area (Å²) in [7, 11) is 0. The third-order valence-electron chi connectivity index (χ3n) is 1.26. The molecule has 0 aliphatic carbocycles. The summed E-state index contributed by atoms with van der Waals surface area (Å²) in [6.45, 7) is 0. The number of halogens is 5. The van der Waals surface area contributed by atoms with Crippen LogP contribution in [0.5, 0.6) is 0 Å². The zero-order chi connectivity index (χ0) is 9.30. The van der Waals surface area contributed by atoms with Crippen LogP contribution in [0.4, 0.5) is 13.2 Å². The molecule has 0 atom stereocenters. The molecule has 0 aliphatic rings. The molecule has 0 spiro atoms. The van der Waals surface area contributed by atoms with Crippen LogP contribution in [0.2, 0.25) is 5.02 Å². The average Bonchev–Trinajstić information content (AvgIpc) is 1.96. The number of hydrogen-bond acceptors (Lipinski definition) is 0. The van der Waals surface area contributed by atoms with Crippen molar-refractivity contribution in [2.75, 3.05) is 0 Å². The maximum Gasteiger partial charge on any atom is 0.266 e. The van der Waals surface area contributed by atoms with E-state index in [9.17, 15) is 13.2 Å². The average molecular weight is 259 g/mol. The predicted octanol–water partition coefficient (Wildman–Crippen LogP) is 4.18. The van der Waals surface area contributed by atoms with E-state index in [4.69, 9.17) is 11.6 Å². The molecule has 1 aromatic carbocycles. The first-order valence-electron chi connectivity index (χ1n) is 2.95. The predicted molar refractivity (Wildman–Crippen MR) is 44.1 cm³/mol. The van der Waals surface area contributed by atoms with E-state index in [0.717, 1.165) is 6.07 Å². The van der Waals surface area contributed by atoms with E-state index < -0.39 is 17.8 Å². The fourth-order valence-electron chi connectivity index (χ4n) is 0.735. The molecule has 0 amide bonds. The van der Waals surface area contributed by atoms with Crippen molar-refractivity contribution in [2.24, 2.45) is 0 Å². The SMILES string of the molecule is Fc1c(Cl)cc(Br)cc1C(F)F. The first-order chi connectivity index (χ1) is 5.52. The minimum Gasteiger partial charge on any atom is -0.205 e. The summed E-state index contributed by atoms with van der Waals surface area (Å²) in [6.07, 6.45) is -2.85. The number of hydrogen-bond donors (Lipinski definition) is 0. The molecule has 5 heteroatoms. The molecule has 0 fully saturated rings. The smallest absolute Gasteiger partial charge is 0.205 e. The molecular weight excluding hydrogens is 256 g/mol. The van der Waals surface area contributed by atoms with Crippen LogP contribution in [-0.2, 0) is 0 Å². The van der Waals surface area contributed by atoms with Crippen LogP contribution < -0.4 is 0 Å². The van der Waals surface area contributed by atoms with Crippen molar-refractivity contribution in [1.82, 2.24) is 0 Å². The van der Waals surface area contributed by atoms with Gasteiger partial charge in [-0.25, -0.2) is 13.2 Å². The van der Waals surface area contributed by atoms with Gasteiger partial charge in [0.2, 0.25) is 0 Å². The van der Waals surface area contributed by atoms with Crippen molar-refractivity contribution in [3.8, 4) is 0 Å². The Balaban J connectivity index is 3.28. The van der Waals surface area contributed by atoms with Crippen molar-refractivity contribution in [1.29, 1.82) is 0 Å². The minimum absolute atomic E-state index is 0.306. The lowest BCUT2D eigenvalue weighted by atomic mass is 10.2. The molecule has 0 saturated heterocycles. The second-order valence-electron chi connectivity index (χ2n) is 2.09. The summed E-state index contributed by atoms with van der Waals surface area (Å²) in [5.41, 5.74) is -0.686. The Hall–Kier alpha value is -0.220. The van der Waals surface area contributed by atoms with Crippen molar-refractivity contribution >= 4 is 27.5 Å². The van der Waals surface area contributed by atoms with E-state index in [1.807, 2.05) is 0 Å². The standard InChI is InChI=1S/C7H3BrClF3/c8-3-1-4(7(11)12)6(10)5(9)2-3/h1-2,7H. The zero-order valence-corrected chi connectivity index (χ0v) is 7.96. The van der Waals surface area contributed by atoms with Crippen LogP contribution in [0.25, 0.3) is 0 Å². The molecule has 0 heterocycles. The Bertz CT molecular complexity index is 301. The lowest BCUT2D eigenvalue weighted by Crippen LogP contribution is -1.91. The van der Waals surface area contributed by atoms with Crippen molar-refractivity contribution < 1.29 is 13.2 Å². The molecule has 0 saturated carbocycles. The summed E-state index contributed by atoms with van der Waals surface area (Å²) < 4.78 is 37.3. The van der Waals surface area contributed by atoms with Gasteiger partial charge in [0.1, 0.15) is 0 Å². The van der Waals surface area contributed by atoms with Gasteiger partial charge < -0.3 is 0 Å². The van der Waals surface area contributed by atoms with Crippen LogP contribution in [0.3, 0.4) is 0 Å². The highest BCUT2D eigenvalue weighted by Crippen LogP contribution is 2.30. The van der Waals surface area contributed by atoms with Crippen LogP contribution >= 0.6 is 27.5 Å². The van der Waals surface area contributed by atoms with E-state index >= 15 is 0 Å². The van der Waals surface area contributed by atoms with Gasteiger partial charge in [0.05, 0.1) is 10.6 Å². The third-order valence-corrected chi connectivity index (χ3v) is 1.99. The molecule has 0 aromatic heterocycles. The summed E-state index contributed by atoms with van der Waals surface area (Å²) in [5.74, 6) is -1.06. The number of rotatable bonds is 1. The van der Waals surface area contributed by atoms with Gasteiger partial charge in [-0.2, -0.15) is 0 Å². The Labute approximate surface area is 80.5 Å². The van der Waals surface area contributed by atoms with Gasteiger partial charge in [0, 0.05) is 4.47 Å². The van der Waals surface area contributed by atoms with E-state index in [1.54, 1.807) is 0 Å². The molecular formula is C7H3BrClF3. The zero-order valence-electron chi connectivity index (χ0n) is 5.62. The monoisotopic (exact) mass is 258 g/mol. The second kappa shape index (κ2) is 3.66. The fourth-order valence-corrected chi connectivity index (χ4v) is 1.57. The van der Waals surface area contributed by atoms with Gasteiger partial charge >= 0.3 is 0 Å². The van der Waals surface area contributed by atoms with Gasteiger partial charge in [0.25, 0.3) is 6.43 Å². The molecule has 0 N–H and O–H groups in total. The molecule has 0 aliphatic heterocycles. The molecule has 66 valence electrons. The quantitative estimate of drug-likeness (QED) is 0.664. The molecule has 0 bridgehead atoms. The first-order valence-corrected chi connectivity index (χ1v) is 4.12. The van der Waals surface area contributed by atoms with Crippen molar-refractivity contribution in [3.05, 3.63) is 33.0 Å². The van der Waals surface area contributed by atoms with E-state index in [-0.39, 0.29) is 5.02 Å². The van der Waals surface area contributed by atoms with Crippen molar-refractivity contribution in [3.63, 3.8) is 0 Å². The summed E-state index contributed by atoms with van der Waals surface area (Å²) in [6, 6.07) is 2.23. The lowest BCUT2D eigenvalue weighted by Gasteiger charge is -2.03. The molecule has 0 nitrogen and oxygen atoms in total. The van der Waals surface area contributed by atoms with E-state index in [2.05, 4.69) is 15.9 Å². The Kier molecular flexibility index (Phi) is 3.01. The topological polar surface area (TPSA) is 0 Å². The summed E-state index contributed by atoms with van der Waals surface area (Å²) in [5, 5.41) is -0.306. The molecule has 1 rings (SSSR count). The molecule has 0 unspecified atom stereocenters. The normalized spacial score (nSPS) is 10.8. The highest BCUT2D eigenvalue weighted by molar-refractivity contribution is 9.10. The molecule has 1 aromatic rings. The minimum atomic E-state index is -2.85. The number of alkyl halides is 2. The van der Waals surface area contributed by atoms with Crippen LogP contribution in [0, 0.1) is 5.82 Å². The molecule has 0 radical (unpaired) electrons. The van der Waals surface area contributed by atoms with Gasteiger partial charge in [-0.1, -0.05) is 27.5 Å². The highest BCUT2D eigenvalue weighted by atomic mass is 79.9. The first kappa shape index (κ1) is 9.86. The van der Waals surface area contributed by atoms with Crippen molar-refractivity contribution in [2.45, 2.75) is 6.43 Å². The van der Waals surface area contributed by atoms with Crippen LogP contribution in [0.1, 0.15) is 12.0 Å². The largest absolute Gasteiger partial charge is 0.266 e. The maximum absolute atomic E-state index is 12.8. The van der Waals surface area contributed by atoms with E-state index in [0.29, 0.717) is 4.47 Å². The Morgan fingerprint density at radius 1 is 1.33 bits per heavy atom.